The van der Waals surface area contributed by atoms with Gasteiger partial charge in [-0.1, -0.05) is 66.7 Å². The summed E-state index contributed by atoms with van der Waals surface area (Å²) in [6, 6.07) is 27.4. The van der Waals surface area contributed by atoms with Gasteiger partial charge in [-0.15, -0.1) is 0 Å². The molecule has 0 bridgehead atoms. The molecule has 2 aromatic heterocycles. The summed E-state index contributed by atoms with van der Waals surface area (Å²) in [6.07, 6.45) is 1.48. The van der Waals surface area contributed by atoms with Crippen LogP contribution in [0.4, 0.5) is 0 Å². The third-order valence-electron chi connectivity index (χ3n) is 5.16. The number of rotatable bonds is 6. The van der Waals surface area contributed by atoms with Gasteiger partial charge in [0.2, 0.25) is 16.9 Å². The van der Waals surface area contributed by atoms with Crippen molar-refractivity contribution in [2.75, 3.05) is 6.61 Å². The van der Waals surface area contributed by atoms with Gasteiger partial charge in [-0.2, -0.15) is 0 Å². The van der Waals surface area contributed by atoms with E-state index in [0.717, 1.165) is 11.1 Å². The predicted octanol–water partition coefficient (Wildman–Crippen LogP) is 5.98. The number of para-hydroxylation sites is 1. The van der Waals surface area contributed by atoms with Crippen LogP contribution in [0.1, 0.15) is 10.4 Å². The molecular weight excluding hydrogens is 404 g/mol. The lowest BCUT2D eigenvalue weighted by Gasteiger charge is -2.10. The fraction of sp³-hybridized carbons (Fsp3) is 0.0370. The van der Waals surface area contributed by atoms with Crippen LogP contribution in [-0.2, 0) is 0 Å². The minimum atomic E-state index is -0.356. The molecule has 0 amide bonds. The molecule has 0 unspecified atom stereocenters. The highest BCUT2D eigenvalue weighted by Gasteiger charge is 2.20. The first-order valence-electron chi connectivity index (χ1n) is 10.1. The highest BCUT2D eigenvalue weighted by atomic mass is 16.5. The third kappa shape index (κ3) is 3.72. The SMILES string of the molecule is O=C(COc1c(-c2ccco2)oc2ccccc2c1=O)c1ccc(-c2ccccc2)cc1. The molecule has 0 radical (unpaired) electrons. The second-order valence-electron chi connectivity index (χ2n) is 7.22. The van der Waals surface area contributed by atoms with Crippen LogP contribution in [0.3, 0.4) is 0 Å². The number of carbonyl (C=O) groups excluding carboxylic acids is 1. The Hall–Kier alpha value is -4.38. The fourth-order valence-electron chi connectivity index (χ4n) is 3.53. The number of ether oxygens (including phenoxy) is 1. The van der Waals surface area contributed by atoms with Crippen LogP contribution in [0.5, 0.6) is 5.75 Å². The van der Waals surface area contributed by atoms with E-state index in [-0.39, 0.29) is 29.3 Å². The van der Waals surface area contributed by atoms with Gasteiger partial charge in [0, 0.05) is 5.56 Å². The molecule has 3 aromatic carbocycles. The summed E-state index contributed by atoms with van der Waals surface area (Å²) in [5.41, 5.74) is 2.64. The number of Topliss-reactive ketones (excluding diaryl/α,β-unsaturated/α-hetero) is 1. The van der Waals surface area contributed by atoms with Gasteiger partial charge in [0.15, 0.2) is 18.2 Å². The van der Waals surface area contributed by atoms with E-state index >= 15 is 0 Å². The Morgan fingerprint density at radius 2 is 1.50 bits per heavy atom. The summed E-state index contributed by atoms with van der Waals surface area (Å²) >= 11 is 0. The number of fused-ring (bicyclic) bond motifs is 1. The summed E-state index contributed by atoms with van der Waals surface area (Å²) in [5, 5.41) is 0.373. The molecular formula is C27H18O5. The van der Waals surface area contributed by atoms with Crippen LogP contribution in [-0.4, -0.2) is 12.4 Å². The average molecular weight is 422 g/mol. The lowest BCUT2D eigenvalue weighted by molar-refractivity contribution is 0.0920. The highest BCUT2D eigenvalue weighted by molar-refractivity contribution is 5.97. The lowest BCUT2D eigenvalue weighted by Crippen LogP contribution is -2.17. The normalized spacial score (nSPS) is 10.9. The van der Waals surface area contributed by atoms with Crippen molar-refractivity contribution in [2.24, 2.45) is 0 Å². The number of furan rings is 1. The highest BCUT2D eigenvalue weighted by Crippen LogP contribution is 2.31. The average Bonchev–Trinajstić information content (AvgIpc) is 3.39. The van der Waals surface area contributed by atoms with E-state index in [4.69, 9.17) is 13.6 Å². The zero-order valence-electron chi connectivity index (χ0n) is 17.0. The van der Waals surface area contributed by atoms with Crippen LogP contribution in [0.2, 0.25) is 0 Å². The van der Waals surface area contributed by atoms with E-state index in [1.54, 1.807) is 48.5 Å². The summed E-state index contributed by atoms with van der Waals surface area (Å²) in [5.74, 6) is 0.212. The topological polar surface area (TPSA) is 69.7 Å². The number of hydrogen-bond donors (Lipinski definition) is 0. The molecule has 32 heavy (non-hydrogen) atoms. The second-order valence-corrected chi connectivity index (χ2v) is 7.22. The van der Waals surface area contributed by atoms with Gasteiger partial charge in [-0.25, -0.2) is 0 Å². The first-order chi connectivity index (χ1) is 15.7. The molecule has 156 valence electrons. The molecule has 5 aromatic rings. The van der Waals surface area contributed by atoms with Gasteiger partial charge < -0.3 is 13.6 Å². The van der Waals surface area contributed by atoms with Crippen LogP contribution >= 0.6 is 0 Å². The van der Waals surface area contributed by atoms with Crippen molar-refractivity contribution in [3.05, 3.63) is 113 Å². The van der Waals surface area contributed by atoms with Crippen molar-refractivity contribution >= 4 is 16.8 Å². The Balaban J connectivity index is 1.42. The van der Waals surface area contributed by atoms with Crippen molar-refractivity contribution in [3.63, 3.8) is 0 Å². The molecule has 0 aliphatic heterocycles. The Labute approximate surface area is 183 Å². The molecule has 0 saturated heterocycles. The summed E-state index contributed by atoms with van der Waals surface area (Å²) < 4.78 is 17.0. The minimum Gasteiger partial charge on any atom is -0.478 e. The molecule has 5 rings (SSSR count). The zero-order valence-corrected chi connectivity index (χ0v) is 17.0. The van der Waals surface area contributed by atoms with E-state index in [0.29, 0.717) is 22.3 Å². The molecule has 2 heterocycles. The van der Waals surface area contributed by atoms with Crippen molar-refractivity contribution in [3.8, 4) is 28.4 Å². The van der Waals surface area contributed by atoms with E-state index in [2.05, 4.69) is 0 Å². The molecule has 0 aliphatic carbocycles. The number of carbonyl (C=O) groups is 1. The smallest absolute Gasteiger partial charge is 0.235 e. The molecule has 0 atom stereocenters. The van der Waals surface area contributed by atoms with Gasteiger partial charge in [-0.05, 0) is 35.4 Å². The van der Waals surface area contributed by atoms with Gasteiger partial charge >= 0.3 is 0 Å². The van der Waals surface area contributed by atoms with Crippen LogP contribution < -0.4 is 10.2 Å². The predicted molar refractivity (Wildman–Crippen MR) is 122 cm³/mol. The number of ketones is 1. The molecule has 0 N–H and O–H groups in total. The Morgan fingerprint density at radius 1 is 0.781 bits per heavy atom. The molecule has 0 spiro atoms. The van der Waals surface area contributed by atoms with Crippen molar-refractivity contribution < 1.29 is 18.4 Å². The zero-order chi connectivity index (χ0) is 21.9. The van der Waals surface area contributed by atoms with E-state index < -0.39 is 0 Å². The van der Waals surface area contributed by atoms with E-state index in [9.17, 15) is 9.59 Å². The van der Waals surface area contributed by atoms with Crippen molar-refractivity contribution in [1.29, 1.82) is 0 Å². The van der Waals surface area contributed by atoms with Gasteiger partial charge in [0.25, 0.3) is 0 Å². The van der Waals surface area contributed by atoms with E-state index in [1.807, 2.05) is 42.5 Å². The summed E-state index contributed by atoms with van der Waals surface area (Å²) in [7, 11) is 0. The number of hydrogen-bond acceptors (Lipinski definition) is 5. The third-order valence-corrected chi connectivity index (χ3v) is 5.16. The van der Waals surface area contributed by atoms with Crippen LogP contribution in [0.15, 0.2) is 111 Å². The monoisotopic (exact) mass is 422 g/mol. The van der Waals surface area contributed by atoms with E-state index in [1.165, 1.54) is 6.26 Å². The van der Waals surface area contributed by atoms with Crippen LogP contribution in [0, 0.1) is 0 Å². The maximum absolute atomic E-state index is 13.1. The standard InChI is InChI=1S/C27H18O5/c28-22(20-14-12-19(13-15-20)18-7-2-1-3-8-18)17-31-27-25(29)21-9-4-5-10-23(21)32-26(27)24-11-6-16-30-24/h1-16H,17H2. The second kappa shape index (κ2) is 8.40. The minimum absolute atomic E-state index is 0.0482. The molecule has 0 saturated carbocycles. The Kier molecular flexibility index (Phi) is 5.14. The first kappa shape index (κ1) is 19.6. The summed E-state index contributed by atoms with van der Waals surface area (Å²) in [6.45, 7) is -0.304. The fourth-order valence-corrected chi connectivity index (χ4v) is 3.53. The van der Waals surface area contributed by atoms with Gasteiger partial charge in [0.05, 0.1) is 11.6 Å². The molecule has 5 heteroatoms. The maximum Gasteiger partial charge on any atom is 0.235 e. The largest absolute Gasteiger partial charge is 0.478 e. The van der Waals surface area contributed by atoms with Crippen LogP contribution in [0.25, 0.3) is 33.6 Å². The van der Waals surface area contributed by atoms with Crippen molar-refractivity contribution in [2.45, 2.75) is 0 Å². The molecule has 0 fully saturated rings. The number of benzene rings is 3. The Morgan fingerprint density at radius 3 is 2.25 bits per heavy atom. The first-order valence-corrected chi connectivity index (χ1v) is 10.1. The lowest BCUT2D eigenvalue weighted by atomic mass is 10.0. The quantitative estimate of drug-likeness (QED) is 0.315. The van der Waals surface area contributed by atoms with Gasteiger partial charge in [0.1, 0.15) is 5.58 Å². The van der Waals surface area contributed by atoms with Crippen molar-refractivity contribution in [1.82, 2.24) is 0 Å². The maximum atomic E-state index is 13.1. The molecule has 0 aliphatic rings. The Bertz CT molecular complexity index is 1430. The summed E-state index contributed by atoms with van der Waals surface area (Å²) in [4.78, 5) is 25.8. The molecule has 5 nitrogen and oxygen atoms in total. The van der Waals surface area contributed by atoms with Gasteiger partial charge in [-0.3, -0.25) is 9.59 Å².